The first-order valence-electron chi connectivity index (χ1n) is 9.37. The summed E-state index contributed by atoms with van der Waals surface area (Å²) in [5.41, 5.74) is 4.20. The van der Waals surface area contributed by atoms with Crippen molar-refractivity contribution in [3.05, 3.63) is 64.6 Å². The fraction of sp³-hybridized carbons (Fsp3) is 0.238. The van der Waals surface area contributed by atoms with Gasteiger partial charge in [-0.25, -0.2) is 9.78 Å². The largest absolute Gasteiger partial charge is 0.485 e. The molecule has 162 valence electrons. The number of benzene rings is 1. The molecule has 10 heteroatoms. The average molecular weight is 443 g/mol. The zero-order chi connectivity index (χ0) is 22.1. The maximum absolute atomic E-state index is 11.5. The Morgan fingerprint density at radius 3 is 2.90 bits per heavy atom. The van der Waals surface area contributed by atoms with Gasteiger partial charge >= 0.3 is 11.9 Å². The summed E-state index contributed by atoms with van der Waals surface area (Å²) in [7, 11) is 1.29. The molecule has 0 fully saturated rings. The van der Waals surface area contributed by atoms with Gasteiger partial charge in [0.2, 0.25) is 10.9 Å². The summed E-state index contributed by atoms with van der Waals surface area (Å²) in [6.07, 6.45) is 1.72. The number of hydrazone groups is 1. The number of rotatable bonds is 10. The van der Waals surface area contributed by atoms with E-state index in [2.05, 4.69) is 20.2 Å². The number of anilines is 1. The first-order chi connectivity index (χ1) is 15.1. The van der Waals surface area contributed by atoms with Gasteiger partial charge in [-0.15, -0.1) is 11.3 Å². The molecule has 3 aromatic rings. The van der Waals surface area contributed by atoms with Crippen LogP contribution in [0.25, 0.3) is 0 Å². The molecule has 0 atom stereocenters. The Labute approximate surface area is 182 Å². The molecule has 0 saturated heterocycles. The van der Waals surface area contributed by atoms with Crippen molar-refractivity contribution in [3.63, 3.8) is 0 Å². The zero-order valence-corrected chi connectivity index (χ0v) is 17.8. The molecule has 0 aliphatic rings. The number of nitrogens with zero attached hydrogens (tertiary/aromatic N) is 2. The highest BCUT2D eigenvalue weighted by Crippen LogP contribution is 2.20. The summed E-state index contributed by atoms with van der Waals surface area (Å²) in [5.74, 6) is 0.334. The van der Waals surface area contributed by atoms with E-state index in [0.29, 0.717) is 28.9 Å². The van der Waals surface area contributed by atoms with E-state index in [1.54, 1.807) is 30.7 Å². The topological polar surface area (TPSA) is 112 Å². The van der Waals surface area contributed by atoms with E-state index in [0.717, 1.165) is 5.56 Å². The fourth-order valence-corrected chi connectivity index (χ4v) is 3.15. The molecule has 0 unspecified atom stereocenters. The van der Waals surface area contributed by atoms with E-state index >= 15 is 0 Å². The lowest BCUT2D eigenvalue weighted by Crippen LogP contribution is -2.07. The third-order valence-corrected chi connectivity index (χ3v) is 4.68. The van der Waals surface area contributed by atoms with Crippen molar-refractivity contribution in [2.75, 3.05) is 19.1 Å². The first kappa shape index (κ1) is 22.0. The van der Waals surface area contributed by atoms with Crippen LogP contribution in [0.3, 0.4) is 0 Å². The van der Waals surface area contributed by atoms with Gasteiger partial charge in [-0.2, -0.15) is 5.10 Å². The van der Waals surface area contributed by atoms with Crippen molar-refractivity contribution in [3.8, 4) is 5.75 Å². The SMILES string of the molecule is CCOC(=O)Cc1csc(NN=Cc2ccccc2OCc2ccc(C(=O)OC)o2)n1. The number of nitrogens with one attached hydrogen (secondary N) is 1. The van der Waals surface area contributed by atoms with Crippen molar-refractivity contribution in [1.29, 1.82) is 0 Å². The number of para-hydroxylation sites is 1. The number of thiazole rings is 1. The quantitative estimate of drug-likeness (QED) is 0.287. The Morgan fingerprint density at radius 1 is 1.26 bits per heavy atom. The molecule has 1 N–H and O–H groups in total. The van der Waals surface area contributed by atoms with Gasteiger partial charge in [0.1, 0.15) is 18.1 Å². The van der Waals surface area contributed by atoms with Gasteiger partial charge in [0.25, 0.3) is 0 Å². The molecule has 0 aliphatic carbocycles. The lowest BCUT2D eigenvalue weighted by molar-refractivity contribution is -0.142. The van der Waals surface area contributed by atoms with Gasteiger partial charge in [-0.1, -0.05) is 12.1 Å². The first-order valence-corrected chi connectivity index (χ1v) is 10.2. The number of methoxy groups -OCH3 is 1. The smallest absolute Gasteiger partial charge is 0.373 e. The van der Waals surface area contributed by atoms with Crippen LogP contribution >= 0.6 is 11.3 Å². The third kappa shape index (κ3) is 6.41. The summed E-state index contributed by atoms with van der Waals surface area (Å²) in [6, 6.07) is 10.5. The van der Waals surface area contributed by atoms with Crippen molar-refractivity contribution in [1.82, 2.24) is 4.98 Å². The van der Waals surface area contributed by atoms with Crippen molar-refractivity contribution >= 4 is 34.6 Å². The molecule has 0 amide bonds. The van der Waals surface area contributed by atoms with Crippen LogP contribution in [0.1, 0.15) is 34.5 Å². The standard InChI is InChI=1S/C21H21N3O6S/c1-3-28-19(25)10-15-13-31-21(23-15)24-22-11-14-6-4-5-7-17(14)29-12-16-8-9-18(30-16)20(26)27-2/h4-9,11,13H,3,10,12H2,1-2H3,(H,23,24). The Bertz CT molecular complexity index is 1060. The summed E-state index contributed by atoms with van der Waals surface area (Å²) in [4.78, 5) is 27.3. The van der Waals surface area contributed by atoms with E-state index < -0.39 is 5.97 Å². The maximum atomic E-state index is 11.5. The van der Waals surface area contributed by atoms with E-state index in [4.69, 9.17) is 13.9 Å². The van der Waals surface area contributed by atoms with Crippen molar-refractivity contribution < 1.29 is 28.2 Å². The van der Waals surface area contributed by atoms with Crippen LogP contribution in [-0.4, -0.2) is 36.9 Å². The van der Waals surface area contributed by atoms with Gasteiger partial charge in [-0.3, -0.25) is 10.2 Å². The number of aromatic nitrogens is 1. The molecule has 0 radical (unpaired) electrons. The second-order valence-electron chi connectivity index (χ2n) is 6.08. The predicted octanol–water partition coefficient (Wildman–Crippen LogP) is 3.65. The number of hydrogen-bond donors (Lipinski definition) is 1. The van der Waals surface area contributed by atoms with Gasteiger partial charge in [0, 0.05) is 10.9 Å². The Hall–Kier alpha value is -3.66. The molecule has 1 aromatic carbocycles. The van der Waals surface area contributed by atoms with E-state index in [1.807, 2.05) is 18.2 Å². The summed E-state index contributed by atoms with van der Waals surface area (Å²) in [5, 5.41) is 6.52. The third-order valence-electron chi connectivity index (χ3n) is 3.88. The zero-order valence-electron chi connectivity index (χ0n) is 17.0. The van der Waals surface area contributed by atoms with Crippen LogP contribution in [0.5, 0.6) is 5.75 Å². The minimum absolute atomic E-state index is 0.117. The maximum Gasteiger partial charge on any atom is 0.373 e. The molecular weight excluding hydrogens is 422 g/mol. The van der Waals surface area contributed by atoms with E-state index in [9.17, 15) is 9.59 Å². The number of carbonyl (C=O) groups is 2. The second kappa shape index (κ2) is 10.9. The summed E-state index contributed by atoms with van der Waals surface area (Å²) >= 11 is 1.34. The van der Waals surface area contributed by atoms with Crippen molar-refractivity contribution in [2.45, 2.75) is 20.0 Å². The predicted molar refractivity (Wildman–Crippen MR) is 114 cm³/mol. The Morgan fingerprint density at radius 2 is 2.10 bits per heavy atom. The van der Waals surface area contributed by atoms with Gasteiger partial charge in [0.15, 0.2) is 0 Å². The molecule has 3 rings (SSSR count). The fourth-order valence-electron chi connectivity index (χ4n) is 2.49. The molecule has 0 spiro atoms. The molecule has 0 saturated carbocycles. The second-order valence-corrected chi connectivity index (χ2v) is 6.94. The summed E-state index contributed by atoms with van der Waals surface area (Å²) in [6.45, 7) is 2.24. The average Bonchev–Trinajstić information content (AvgIpc) is 3.42. The molecule has 2 heterocycles. The van der Waals surface area contributed by atoms with E-state index in [-0.39, 0.29) is 24.8 Å². The highest BCUT2D eigenvalue weighted by Gasteiger charge is 2.12. The van der Waals surface area contributed by atoms with Crippen LogP contribution in [-0.2, 0) is 27.3 Å². The Kier molecular flexibility index (Phi) is 7.77. The molecular formula is C21H21N3O6S. The molecule has 0 bridgehead atoms. The van der Waals surface area contributed by atoms with Gasteiger partial charge in [0.05, 0.1) is 32.0 Å². The van der Waals surface area contributed by atoms with Gasteiger partial charge < -0.3 is 18.6 Å². The van der Waals surface area contributed by atoms with Crippen LogP contribution < -0.4 is 10.2 Å². The molecule has 9 nitrogen and oxygen atoms in total. The number of hydrogen-bond acceptors (Lipinski definition) is 10. The normalized spacial score (nSPS) is 10.8. The molecule has 0 aliphatic heterocycles. The number of ether oxygens (including phenoxy) is 3. The lowest BCUT2D eigenvalue weighted by Gasteiger charge is -2.07. The number of furan rings is 1. The van der Waals surface area contributed by atoms with Crippen LogP contribution in [0, 0.1) is 0 Å². The highest BCUT2D eigenvalue weighted by molar-refractivity contribution is 7.13. The summed E-state index contributed by atoms with van der Waals surface area (Å²) < 4.78 is 20.7. The highest BCUT2D eigenvalue weighted by atomic mass is 32.1. The van der Waals surface area contributed by atoms with Gasteiger partial charge in [-0.05, 0) is 31.2 Å². The minimum atomic E-state index is -0.544. The molecule has 2 aromatic heterocycles. The monoisotopic (exact) mass is 443 g/mol. The van der Waals surface area contributed by atoms with Crippen LogP contribution in [0.4, 0.5) is 5.13 Å². The lowest BCUT2D eigenvalue weighted by atomic mass is 10.2. The number of esters is 2. The minimum Gasteiger partial charge on any atom is -0.485 e. The Balaban J connectivity index is 1.57. The van der Waals surface area contributed by atoms with Crippen LogP contribution in [0.2, 0.25) is 0 Å². The molecule has 31 heavy (non-hydrogen) atoms. The van der Waals surface area contributed by atoms with E-state index in [1.165, 1.54) is 24.5 Å². The van der Waals surface area contributed by atoms with Crippen LogP contribution in [0.15, 0.2) is 51.3 Å². The van der Waals surface area contributed by atoms with Crippen molar-refractivity contribution in [2.24, 2.45) is 5.10 Å². The number of carbonyl (C=O) groups excluding carboxylic acids is 2.